The summed E-state index contributed by atoms with van der Waals surface area (Å²) in [6.45, 7) is 0. The highest BCUT2D eigenvalue weighted by molar-refractivity contribution is 5.96. The number of hydrogen-bond acceptors (Lipinski definition) is 3. The second kappa shape index (κ2) is 7.58. The number of rotatable bonds is 3. The van der Waals surface area contributed by atoms with Crippen LogP contribution in [0.3, 0.4) is 0 Å². The van der Waals surface area contributed by atoms with E-state index in [1.165, 1.54) is 12.3 Å². The predicted molar refractivity (Wildman–Crippen MR) is 99.9 cm³/mol. The van der Waals surface area contributed by atoms with Crippen molar-refractivity contribution in [2.45, 2.75) is 43.8 Å². The largest absolute Gasteiger partial charge is 0.411 e. The summed E-state index contributed by atoms with van der Waals surface area (Å²) in [5.41, 5.74) is -2.76. The molecule has 1 aromatic carbocycles. The number of pyridine rings is 1. The van der Waals surface area contributed by atoms with Gasteiger partial charge in [-0.1, -0.05) is 18.9 Å². The fourth-order valence-corrected chi connectivity index (χ4v) is 4.08. The van der Waals surface area contributed by atoms with Crippen LogP contribution in [0.1, 0.15) is 31.2 Å². The van der Waals surface area contributed by atoms with Crippen LogP contribution in [-0.2, 0) is 11.2 Å². The average molecular weight is 441 g/mol. The monoisotopic (exact) mass is 441 g/mol. The average Bonchev–Trinajstić information content (AvgIpc) is 3.17. The number of benzene rings is 1. The summed E-state index contributed by atoms with van der Waals surface area (Å²) in [6, 6.07) is 4.02. The van der Waals surface area contributed by atoms with Gasteiger partial charge in [0.25, 0.3) is 0 Å². The van der Waals surface area contributed by atoms with E-state index in [0.29, 0.717) is 30.5 Å². The highest BCUT2D eigenvalue weighted by atomic mass is 19.4. The molecule has 0 saturated heterocycles. The molecule has 1 N–H and O–H groups in total. The third-order valence-electron chi connectivity index (χ3n) is 5.63. The Morgan fingerprint density at radius 1 is 1.10 bits per heavy atom. The third-order valence-corrected chi connectivity index (χ3v) is 5.63. The fourth-order valence-electron chi connectivity index (χ4n) is 4.08. The first-order valence-corrected chi connectivity index (χ1v) is 9.59. The van der Waals surface area contributed by atoms with Crippen molar-refractivity contribution < 1.29 is 31.1 Å². The highest BCUT2D eigenvalue weighted by Gasteiger charge is 2.57. The topological polar surface area (TPSA) is 45.2 Å². The van der Waals surface area contributed by atoms with Crippen LogP contribution in [0.2, 0.25) is 0 Å². The van der Waals surface area contributed by atoms with Crippen LogP contribution in [0.15, 0.2) is 42.2 Å². The number of carbonyl (C=O) groups is 1. The van der Waals surface area contributed by atoms with Gasteiger partial charge in [0, 0.05) is 42.1 Å². The zero-order chi connectivity index (χ0) is 22.4. The molecule has 10 heteroatoms. The minimum Gasteiger partial charge on any atom is -0.338 e. The first-order valence-electron chi connectivity index (χ1n) is 9.59. The number of halogens is 6. The molecule has 1 amide bonds. The maximum absolute atomic E-state index is 14.4. The predicted octanol–water partition coefficient (Wildman–Crippen LogP) is 5.07. The van der Waals surface area contributed by atoms with Gasteiger partial charge in [0.15, 0.2) is 11.6 Å². The number of hydrogen-bond donors (Lipinski definition) is 1. The number of nitrogens with one attached hydrogen (secondary N) is 1. The summed E-state index contributed by atoms with van der Waals surface area (Å²) in [7, 11) is 0. The first kappa shape index (κ1) is 21.2. The third kappa shape index (κ3) is 3.75. The molecule has 4 rings (SSSR count). The quantitative estimate of drug-likeness (QED) is 0.677. The molecule has 1 aliphatic carbocycles. The van der Waals surface area contributed by atoms with Crippen molar-refractivity contribution in [2.75, 3.05) is 4.90 Å². The van der Waals surface area contributed by atoms with Gasteiger partial charge in [0.05, 0.1) is 0 Å². The van der Waals surface area contributed by atoms with E-state index in [1.807, 2.05) is 0 Å². The Morgan fingerprint density at radius 3 is 2.35 bits per heavy atom. The summed E-state index contributed by atoms with van der Waals surface area (Å²) < 4.78 is 83.3. The van der Waals surface area contributed by atoms with Crippen molar-refractivity contribution in [3.8, 4) is 0 Å². The summed E-state index contributed by atoms with van der Waals surface area (Å²) in [4.78, 5) is 17.8. The SMILES string of the molecule is O=C(NC1(C(F)(F)F)CCCC1)C1=CN(c2c(F)cc(F)cc2F)c2ncccc2C1. The number of amides is 1. The van der Waals surface area contributed by atoms with E-state index in [2.05, 4.69) is 10.3 Å². The number of nitrogens with zero attached hydrogens (tertiary/aromatic N) is 2. The standard InChI is InChI=1S/C21H17F6N3O/c22-14-9-15(23)17(16(24)10-14)30-11-13(8-12-4-3-7-28-18(12)30)19(31)29-20(21(25,26)27)5-1-2-6-20/h3-4,7,9-11H,1-2,5-6,8H2,(H,29,31). The van der Waals surface area contributed by atoms with Crippen LogP contribution in [0.4, 0.5) is 37.8 Å². The van der Waals surface area contributed by atoms with Gasteiger partial charge in [0.1, 0.15) is 22.9 Å². The molecule has 0 spiro atoms. The molecule has 0 atom stereocenters. The Labute approximate surface area is 173 Å². The minimum atomic E-state index is -4.64. The van der Waals surface area contributed by atoms with E-state index < -0.39 is 40.8 Å². The van der Waals surface area contributed by atoms with Crippen LogP contribution in [0.5, 0.6) is 0 Å². The molecule has 4 nitrogen and oxygen atoms in total. The van der Waals surface area contributed by atoms with Crippen LogP contribution < -0.4 is 10.2 Å². The van der Waals surface area contributed by atoms with Crippen LogP contribution in [-0.4, -0.2) is 22.6 Å². The fraction of sp³-hybridized carbons (Fsp3) is 0.333. The van der Waals surface area contributed by atoms with Crippen molar-refractivity contribution in [3.63, 3.8) is 0 Å². The molecule has 1 fully saturated rings. The van der Waals surface area contributed by atoms with Gasteiger partial charge in [-0.3, -0.25) is 9.69 Å². The van der Waals surface area contributed by atoms with E-state index in [-0.39, 0.29) is 30.7 Å². The molecule has 1 aliphatic heterocycles. The maximum atomic E-state index is 14.4. The lowest BCUT2D eigenvalue weighted by Crippen LogP contribution is -2.57. The highest BCUT2D eigenvalue weighted by Crippen LogP contribution is 2.43. The Kier molecular flexibility index (Phi) is 5.18. The van der Waals surface area contributed by atoms with Gasteiger partial charge in [0.2, 0.25) is 5.91 Å². The van der Waals surface area contributed by atoms with Crippen molar-refractivity contribution in [3.05, 3.63) is 65.3 Å². The molecule has 1 saturated carbocycles. The molecule has 164 valence electrons. The zero-order valence-electron chi connectivity index (χ0n) is 16.1. The lowest BCUT2D eigenvalue weighted by atomic mass is 9.94. The van der Waals surface area contributed by atoms with E-state index in [9.17, 15) is 31.1 Å². The number of alkyl halides is 3. The summed E-state index contributed by atoms with van der Waals surface area (Å²) in [5.74, 6) is -4.51. The normalized spacial score (nSPS) is 17.9. The van der Waals surface area contributed by atoms with Gasteiger partial charge >= 0.3 is 6.18 Å². The minimum absolute atomic E-state index is 0.0795. The maximum Gasteiger partial charge on any atom is 0.411 e. The van der Waals surface area contributed by atoms with Crippen molar-refractivity contribution in [1.29, 1.82) is 0 Å². The second-order valence-corrected chi connectivity index (χ2v) is 7.65. The van der Waals surface area contributed by atoms with Crippen molar-refractivity contribution >= 4 is 17.4 Å². The molecule has 0 bridgehead atoms. The molecular weight excluding hydrogens is 424 g/mol. The number of carbonyl (C=O) groups excluding carboxylic acids is 1. The van der Waals surface area contributed by atoms with Gasteiger partial charge in [-0.2, -0.15) is 13.2 Å². The first-order chi connectivity index (χ1) is 14.6. The molecule has 2 aliphatic rings. The van der Waals surface area contributed by atoms with Crippen LogP contribution in [0.25, 0.3) is 0 Å². The van der Waals surface area contributed by atoms with E-state index in [4.69, 9.17) is 0 Å². The molecule has 2 heterocycles. The van der Waals surface area contributed by atoms with E-state index in [0.717, 1.165) is 11.1 Å². The lowest BCUT2D eigenvalue weighted by Gasteiger charge is -2.34. The Bertz CT molecular complexity index is 1040. The summed E-state index contributed by atoms with van der Waals surface area (Å²) in [5, 5.41) is 2.12. The zero-order valence-corrected chi connectivity index (χ0v) is 16.1. The van der Waals surface area contributed by atoms with Gasteiger partial charge in [-0.05, 0) is 18.9 Å². The molecule has 2 aromatic rings. The number of fused-ring (bicyclic) bond motifs is 1. The molecule has 0 radical (unpaired) electrons. The van der Waals surface area contributed by atoms with Crippen molar-refractivity contribution in [1.82, 2.24) is 10.3 Å². The number of aromatic nitrogens is 1. The molecule has 31 heavy (non-hydrogen) atoms. The van der Waals surface area contributed by atoms with Gasteiger partial charge in [-0.15, -0.1) is 0 Å². The number of anilines is 2. The van der Waals surface area contributed by atoms with Gasteiger partial charge in [-0.25, -0.2) is 18.2 Å². The second-order valence-electron chi connectivity index (χ2n) is 7.65. The van der Waals surface area contributed by atoms with Crippen molar-refractivity contribution in [2.24, 2.45) is 0 Å². The molecular formula is C21H17F6N3O. The van der Waals surface area contributed by atoms with E-state index >= 15 is 0 Å². The smallest absolute Gasteiger partial charge is 0.338 e. The molecule has 0 unspecified atom stereocenters. The van der Waals surface area contributed by atoms with Crippen LogP contribution >= 0.6 is 0 Å². The van der Waals surface area contributed by atoms with Crippen LogP contribution in [0, 0.1) is 17.5 Å². The lowest BCUT2D eigenvalue weighted by molar-refractivity contribution is -0.196. The summed E-state index contributed by atoms with van der Waals surface area (Å²) in [6.07, 6.45) is -2.14. The summed E-state index contributed by atoms with van der Waals surface area (Å²) >= 11 is 0. The van der Waals surface area contributed by atoms with Gasteiger partial charge < -0.3 is 5.32 Å². The Balaban J connectivity index is 1.75. The molecule has 1 aromatic heterocycles. The Hall–Kier alpha value is -3.04. The van der Waals surface area contributed by atoms with E-state index in [1.54, 1.807) is 6.07 Å². The Morgan fingerprint density at radius 2 is 1.74 bits per heavy atom.